The van der Waals surface area contributed by atoms with Crippen LogP contribution in [0.2, 0.25) is 0 Å². The van der Waals surface area contributed by atoms with Crippen molar-refractivity contribution in [1.29, 1.82) is 0 Å². The Morgan fingerprint density at radius 1 is 0.941 bits per heavy atom. The zero-order valence-electron chi connectivity index (χ0n) is 11.5. The molecular weight excluding hydrogens is 211 g/mol. The Balaban J connectivity index is 2.09. The van der Waals surface area contributed by atoms with Gasteiger partial charge in [0.05, 0.1) is 11.2 Å². The molecule has 1 heterocycles. The Kier molecular flexibility index (Phi) is 3.51. The van der Waals surface area contributed by atoms with E-state index in [1.165, 1.54) is 5.47 Å². The molecule has 0 unspecified atom stereocenters. The quantitative estimate of drug-likeness (QED) is 0.509. The zero-order valence-corrected chi connectivity index (χ0v) is 11.5. The summed E-state index contributed by atoms with van der Waals surface area (Å²) in [6, 6.07) is 0. The molecule has 0 aromatic rings. The molecule has 0 N–H and O–H groups in total. The van der Waals surface area contributed by atoms with Crippen LogP contribution in [0.15, 0.2) is 23.7 Å². The van der Waals surface area contributed by atoms with Crippen LogP contribution >= 0.6 is 0 Å². The molecule has 17 heavy (non-hydrogen) atoms. The molecule has 0 atom stereocenters. The third kappa shape index (κ3) is 2.66. The highest BCUT2D eigenvalue weighted by Crippen LogP contribution is 2.39. The fourth-order valence-corrected chi connectivity index (χ4v) is 2.16. The van der Waals surface area contributed by atoms with Crippen LogP contribution in [-0.2, 0) is 9.31 Å². The molecule has 1 aliphatic carbocycles. The summed E-state index contributed by atoms with van der Waals surface area (Å²) in [5.41, 5.74) is 0.862. The second-order valence-electron chi connectivity index (χ2n) is 5.95. The molecule has 0 radical (unpaired) electrons. The Hall–Kier alpha value is -0.535. The third-order valence-corrected chi connectivity index (χ3v) is 4.06. The van der Waals surface area contributed by atoms with Gasteiger partial charge in [0.25, 0.3) is 0 Å². The minimum Gasteiger partial charge on any atom is -0.400 e. The van der Waals surface area contributed by atoms with E-state index in [1.807, 2.05) is 0 Å². The third-order valence-electron chi connectivity index (χ3n) is 4.06. The Morgan fingerprint density at radius 3 is 2.18 bits per heavy atom. The largest absolute Gasteiger partial charge is 0.490 e. The van der Waals surface area contributed by atoms with Crippen LogP contribution in [0.3, 0.4) is 0 Å². The molecule has 0 bridgehead atoms. The molecule has 0 spiro atoms. The van der Waals surface area contributed by atoms with Crippen molar-refractivity contribution < 1.29 is 9.31 Å². The highest BCUT2D eigenvalue weighted by molar-refractivity contribution is 6.54. The van der Waals surface area contributed by atoms with Gasteiger partial charge >= 0.3 is 7.12 Å². The maximum absolute atomic E-state index is 6.09. The summed E-state index contributed by atoms with van der Waals surface area (Å²) >= 11 is 0. The highest BCUT2D eigenvalue weighted by atomic mass is 16.7. The Labute approximate surface area is 105 Å². The van der Waals surface area contributed by atoms with E-state index in [4.69, 9.17) is 9.31 Å². The minimum atomic E-state index is -0.225. The highest BCUT2D eigenvalue weighted by Gasteiger charge is 2.52. The van der Waals surface area contributed by atoms with Gasteiger partial charge in [-0.05, 0) is 58.9 Å². The summed E-state index contributed by atoms with van der Waals surface area (Å²) in [7, 11) is -0.147. The molecule has 2 aliphatic rings. The van der Waals surface area contributed by atoms with Gasteiger partial charge in [0.2, 0.25) is 0 Å². The lowest BCUT2D eigenvalue weighted by atomic mass is 9.74. The average molecular weight is 234 g/mol. The number of allylic oxidation sites excluding steroid dienone is 4. The van der Waals surface area contributed by atoms with Gasteiger partial charge in [-0.25, -0.2) is 0 Å². The van der Waals surface area contributed by atoms with Gasteiger partial charge in [0.15, 0.2) is 0 Å². The van der Waals surface area contributed by atoms with Crippen LogP contribution in [-0.4, -0.2) is 18.3 Å². The fourth-order valence-electron chi connectivity index (χ4n) is 2.16. The summed E-state index contributed by atoms with van der Waals surface area (Å²) in [6.45, 7) is 8.43. The van der Waals surface area contributed by atoms with Crippen molar-refractivity contribution >= 4 is 7.12 Å². The van der Waals surface area contributed by atoms with Crippen LogP contribution in [0, 0.1) is 0 Å². The molecule has 0 saturated carbocycles. The van der Waals surface area contributed by atoms with Crippen molar-refractivity contribution in [3.8, 4) is 0 Å². The molecule has 0 aromatic carbocycles. The van der Waals surface area contributed by atoms with E-state index >= 15 is 0 Å². The number of rotatable bonds is 1. The first-order chi connectivity index (χ1) is 7.92. The Bertz CT molecular complexity index is 326. The van der Waals surface area contributed by atoms with Crippen molar-refractivity contribution in [3.05, 3.63) is 23.7 Å². The van der Waals surface area contributed by atoms with Crippen LogP contribution in [0.25, 0.3) is 0 Å². The second kappa shape index (κ2) is 4.62. The smallest absolute Gasteiger partial charge is 0.400 e. The van der Waals surface area contributed by atoms with Crippen molar-refractivity contribution in [1.82, 2.24) is 0 Å². The standard InChI is InChI=1S/C14H23BO2/c1-13(2)14(3,4)17-15(16-13)12-10-8-6-5-7-9-11-12/h5-6,11H,7-10H2,1-4H3/b6-5-,12-11+. The van der Waals surface area contributed by atoms with Crippen molar-refractivity contribution in [2.24, 2.45) is 0 Å². The fraction of sp³-hybridized carbons (Fsp3) is 0.714. The summed E-state index contributed by atoms with van der Waals surface area (Å²) in [5.74, 6) is 0. The molecule has 0 aromatic heterocycles. The lowest BCUT2D eigenvalue weighted by molar-refractivity contribution is 0.00578. The van der Waals surface area contributed by atoms with Gasteiger partial charge in [-0.3, -0.25) is 0 Å². The van der Waals surface area contributed by atoms with Gasteiger partial charge in [0.1, 0.15) is 0 Å². The van der Waals surface area contributed by atoms with Gasteiger partial charge in [-0.2, -0.15) is 0 Å². The van der Waals surface area contributed by atoms with Crippen LogP contribution in [0.4, 0.5) is 0 Å². The first-order valence-electron chi connectivity index (χ1n) is 6.62. The minimum absolute atomic E-state index is 0.147. The van der Waals surface area contributed by atoms with E-state index in [9.17, 15) is 0 Å². The van der Waals surface area contributed by atoms with E-state index in [2.05, 4.69) is 45.9 Å². The first kappa shape index (κ1) is 12.9. The lowest BCUT2D eigenvalue weighted by Crippen LogP contribution is -2.41. The Morgan fingerprint density at radius 2 is 1.53 bits per heavy atom. The zero-order chi connectivity index (χ0) is 12.5. The summed E-state index contributed by atoms with van der Waals surface area (Å²) < 4.78 is 12.2. The van der Waals surface area contributed by atoms with E-state index < -0.39 is 0 Å². The molecule has 1 fully saturated rings. The van der Waals surface area contributed by atoms with Gasteiger partial charge < -0.3 is 9.31 Å². The second-order valence-corrected chi connectivity index (χ2v) is 5.95. The SMILES string of the molecule is CC1(C)OB(/C2=C/CC/C=C\CC2)OC1(C)C. The van der Waals surface area contributed by atoms with Crippen LogP contribution in [0.5, 0.6) is 0 Å². The van der Waals surface area contributed by atoms with Gasteiger partial charge in [-0.1, -0.05) is 18.2 Å². The summed E-state index contributed by atoms with van der Waals surface area (Å²) in [5, 5.41) is 0. The van der Waals surface area contributed by atoms with Crippen LogP contribution in [0.1, 0.15) is 53.4 Å². The maximum atomic E-state index is 6.09. The maximum Gasteiger partial charge on any atom is 0.490 e. The summed E-state index contributed by atoms with van der Waals surface area (Å²) in [4.78, 5) is 0. The predicted molar refractivity (Wildman–Crippen MR) is 71.8 cm³/mol. The molecule has 1 aliphatic heterocycles. The lowest BCUT2D eigenvalue weighted by Gasteiger charge is -2.32. The van der Waals surface area contributed by atoms with E-state index in [1.54, 1.807) is 0 Å². The van der Waals surface area contributed by atoms with E-state index in [0.717, 1.165) is 25.7 Å². The normalized spacial score (nSPS) is 32.5. The first-order valence-corrected chi connectivity index (χ1v) is 6.62. The predicted octanol–water partition coefficient (Wildman–Crippen LogP) is 3.67. The van der Waals surface area contributed by atoms with Gasteiger partial charge in [-0.15, -0.1) is 0 Å². The number of hydrogen-bond acceptors (Lipinski definition) is 2. The van der Waals surface area contributed by atoms with Gasteiger partial charge in [0, 0.05) is 0 Å². The number of hydrogen-bond donors (Lipinski definition) is 0. The molecule has 3 heteroatoms. The average Bonchev–Trinajstić information content (AvgIpc) is 2.34. The summed E-state index contributed by atoms with van der Waals surface area (Å²) in [6.07, 6.45) is 11.2. The van der Waals surface area contributed by atoms with Crippen LogP contribution < -0.4 is 0 Å². The van der Waals surface area contributed by atoms with E-state index in [-0.39, 0.29) is 18.3 Å². The topological polar surface area (TPSA) is 18.5 Å². The van der Waals surface area contributed by atoms with E-state index in [0.29, 0.717) is 0 Å². The molecule has 94 valence electrons. The van der Waals surface area contributed by atoms with Crippen molar-refractivity contribution in [3.63, 3.8) is 0 Å². The van der Waals surface area contributed by atoms with Crippen molar-refractivity contribution in [2.45, 2.75) is 64.6 Å². The molecule has 2 nitrogen and oxygen atoms in total. The molecule has 0 amide bonds. The monoisotopic (exact) mass is 234 g/mol. The molecule has 2 rings (SSSR count). The molecule has 1 saturated heterocycles. The molecular formula is C14H23BO2. The van der Waals surface area contributed by atoms with Crippen molar-refractivity contribution in [2.75, 3.05) is 0 Å².